The molecular formula is C12H18N2O3. The van der Waals surface area contributed by atoms with Crippen molar-refractivity contribution >= 4 is 5.91 Å². The van der Waals surface area contributed by atoms with Gasteiger partial charge in [-0.05, 0) is 32.9 Å². The summed E-state index contributed by atoms with van der Waals surface area (Å²) in [7, 11) is 1.56. The summed E-state index contributed by atoms with van der Waals surface area (Å²) in [5.74, 6) is -0.395. The predicted molar refractivity (Wildman–Crippen MR) is 65.1 cm³/mol. The van der Waals surface area contributed by atoms with E-state index < -0.39 is 17.1 Å². The molecule has 0 aliphatic heterocycles. The number of nitrogens with one attached hydrogen (secondary N) is 1. The van der Waals surface area contributed by atoms with Gasteiger partial charge in [-0.25, -0.2) is 0 Å². The van der Waals surface area contributed by atoms with Crippen LogP contribution in [-0.2, 0) is 0 Å². The molecule has 0 spiro atoms. The summed E-state index contributed by atoms with van der Waals surface area (Å²) in [5, 5.41) is 9.62. The van der Waals surface area contributed by atoms with Crippen LogP contribution in [0.5, 0.6) is 0 Å². The Hall–Kier alpha value is -1.62. The van der Waals surface area contributed by atoms with Crippen molar-refractivity contribution in [3.8, 4) is 0 Å². The fraction of sp³-hybridized carbons (Fsp3) is 0.500. The molecule has 1 rings (SSSR count). The Morgan fingerprint density at radius 3 is 2.53 bits per heavy atom. The maximum atomic E-state index is 11.9. The van der Waals surface area contributed by atoms with Gasteiger partial charge in [-0.1, -0.05) is 0 Å². The van der Waals surface area contributed by atoms with Crippen molar-refractivity contribution in [2.75, 3.05) is 13.6 Å². The van der Waals surface area contributed by atoms with Crippen LogP contribution in [0.3, 0.4) is 0 Å². The molecule has 1 aromatic heterocycles. The van der Waals surface area contributed by atoms with E-state index in [1.165, 1.54) is 11.0 Å². The average Bonchev–Trinajstić information content (AvgIpc) is 2.14. The quantitative estimate of drug-likeness (QED) is 0.806. The number of aromatic amines is 1. The molecule has 0 unspecified atom stereocenters. The van der Waals surface area contributed by atoms with Crippen LogP contribution in [0.4, 0.5) is 0 Å². The number of rotatable bonds is 3. The van der Waals surface area contributed by atoms with Crippen LogP contribution in [0.25, 0.3) is 0 Å². The lowest BCUT2D eigenvalue weighted by atomic mass is 10.1. The van der Waals surface area contributed by atoms with Gasteiger partial charge in [-0.3, -0.25) is 9.59 Å². The second-order valence-electron chi connectivity index (χ2n) is 4.86. The number of amides is 1. The molecule has 94 valence electrons. The van der Waals surface area contributed by atoms with Crippen molar-refractivity contribution in [1.29, 1.82) is 0 Å². The summed E-state index contributed by atoms with van der Waals surface area (Å²) in [6.45, 7) is 5.13. The maximum absolute atomic E-state index is 11.9. The highest BCUT2D eigenvalue weighted by Gasteiger charge is 2.21. The fourth-order valence-electron chi connectivity index (χ4n) is 1.60. The first kappa shape index (κ1) is 13.4. The third-order valence-electron chi connectivity index (χ3n) is 2.26. The first-order valence-corrected chi connectivity index (χ1v) is 5.38. The van der Waals surface area contributed by atoms with E-state index in [9.17, 15) is 14.7 Å². The lowest BCUT2D eigenvalue weighted by Crippen LogP contribution is -2.41. The molecule has 5 nitrogen and oxygen atoms in total. The number of carbonyl (C=O) groups is 1. The minimum absolute atomic E-state index is 0.0855. The van der Waals surface area contributed by atoms with E-state index in [0.29, 0.717) is 5.69 Å². The normalized spacial score (nSPS) is 11.4. The molecule has 2 N–H and O–H groups in total. The van der Waals surface area contributed by atoms with Crippen LogP contribution < -0.4 is 5.56 Å². The Kier molecular flexibility index (Phi) is 3.72. The number of aromatic nitrogens is 1. The molecule has 0 saturated heterocycles. The Labute approximate surface area is 100 Å². The predicted octanol–water partition coefficient (Wildman–Crippen LogP) is 0.526. The zero-order valence-corrected chi connectivity index (χ0v) is 10.6. The first-order valence-electron chi connectivity index (χ1n) is 5.38. The zero-order chi connectivity index (χ0) is 13.2. The highest BCUT2D eigenvalue weighted by molar-refractivity contribution is 5.93. The molecule has 0 aliphatic rings. The summed E-state index contributed by atoms with van der Waals surface area (Å²) in [5.41, 5.74) is -0.598. The SMILES string of the molecule is Cc1ccc(C(=O)N(C)CC(C)(C)O)c(=O)[nH]1. The fourth-order valence-corrected chi connectivity index (χ4v) is 1.60. The van der Waals surface area contributed by atoms with Gasteiger partial charge in [0.2, 0.25) is 0 Å². The van der Waals surface area contributed by atoms with E-state index in [1.807, 2.05) is 0 Å². The van der Waals surface area contributed by atoms with Gasteiger partial charge in [0.25, 0.3) is 11.5 Å². The number of aryl methyl sites for hydroxylation is 1. The van der Waals surface area contributed by atoms with Crippen LogP contribution in [0.15, 0.2) is 16.9 Å². The van der Waals surface area contributed by atoms with E-state index in [0.717, 1.165) is 0 Å². The Balaban J connectivity index is 2.93. The smallest absolute Gasteiger partial charge is 0.260 e. The van der Waals surface area contributed by atoms with Gasteiger partial charge in [-0.15, -0.1) is 0 Å². The molecule has 17 heavy (non-hydrogen) atoms. The second kappa shape index (κ2) is 4.71. The molecule has 5 heteroatoms. The molecular weight excluding hydrogens is 220 g/mol. The van der Waals surface area contributed by atoms with Gasteiger partial charge in [-0.2, -0.15) is 0 Å². The summed E-state index contributed by atoms with van der Waals surface area (Å²) in [6, 6.07) is 3.17. The van der Waals surface area contributed by atoms with Crippen molar-refractivity contribution in [3.05, 3.63) is 33.7 Å². The first-order chi connectivity index (χ1) is 7.70. The Morgan fingerprint density at radius 1 is 1.47 bits per heavy atom. The molecule has 1 amide bonds. The van der Waals surface area contributed by atoms with Crippen LogP contribution in [-0.4, -0.2) is 40.1 Å². The molecule has 0 atom stereocenters. The Morgan fingerprint density at radius 2 is 2.06 bits per heavy atom. The maximum Gasteiger partial charge on any atom is 0.260 e. The van der Waals surface area contributed by atoms with Crippen molar-refractivity contribution < 1.29 is 9.90 Å². The molecule has 1 aromatic rings. The van der Waals surface area contributed by atoms with Crippen molar-refractivity contribution in [2.45, 2.75) is 26.4 Å². The third kappa shape index (κ3) is 3.71. The molecule has 0 fully saturated rings. The molecule has 0 aliphatic carbocycles. The lowest BCUT2D eigenvalue weighted by molar-refractivity contribution is 0.0367. The molecule has 0 aromatic carbocycles. The minimum atomic E-state index is -0.984. The topological polar surface area (TPSA) is 73.4 Å². The van der Waals surface area contributed by atoms with Crippen molar-refractivity contribution in [1.82, 2.24) is 9.88 Å². The van der Waals surface area contributed by atoms with Gasteiger partial charge in [0.1, 0.15) is 5.56 Å². The van der Waals surface area contributed by atoms with Gasteiger partial charge in [0.15, 0.2) is 0 Å². The van der Waals surface area contributed by atoms with Gasteiger partial charge < -0.3 is 15.0 Å². The van der Waals surface area contributed by atoms with Gasteiger partial charge in [0.05, 0.1) is 5.60 Å². The number of pyridine rings is 1. The summed E-state index contributed by atoms with van der Waals surface area (Å²) < 4.78 is 0. The van der Waals surface area contributed by atoms with Crippen LogP contribution in [0, 0.1) is 6.92 Å². The molecule has 0 saturated carbocycles. The Bertz CT molecular complexity index is 471. The molecule has 0 radical (unpaired) electrons. The van der Waals surface area contributed by atoms with Gasteiger partial charge in [0, 0.05) is 19.3 Å². The molecule has 1 heterocycles. The number of hydrogen-bond acceptors (Lipinski definition) is 3. The number of nitrogens with zero attached hydrogens (tertiary/aromatic N) is 1. The minimum Gasteiger partial charge on any atom is -0.389 e. The van der Waals surface area contributed by atoms with Gasteiger partial charge >= 0.3 is 0 Å². The van der Waals surface area contributed by atoms with E-state index in [2.05, 4.69) is 4.98 Å². The van der Waals surface area contributed by atoms with Crippen LogP contribution in [0.2, 0.25) is 0 Å². The number of carbonyl (C=O) groups excluding carboxylic acids is 1. The number of hydrogen-bond donors (Lipinski definition) is 2. The highest BCUT2D eigenvalue weighted by Crippen LogP contribution is 2.06. The van der Waals surface area contributed by atoms with E-state index in [1.54, 1.807) is 33.9 Å². The van der Waals surface area contributed by atoms with Crippen LogP contribution >= 0.6 is 0 Å². The monoisotopic (exact) mass is 238 g/mol. The zero-order valence-electron chi connectivity index (χ0n) is 10.6. The summed E-state index contributed by atoms with van der Waals surface area (Å²) in [6.07, 6.45) is 0. The standard InChI is InChI=1S/C12H18N2O3/c1-8-5-6-9(10(15)13-8)11(16)14(4)7-12(2,3)17/h5-6,17H,7H2,1-4H3,(H,13,15). The third-order valence-corrected chi connectivity index (χ3v) is 2.26. The van der Waals surface area contributed by atoms with Crippen molar-refractivity contribution in [3.63, 3.8) is 0 Å². The summed E-state index contributed by atoms with van der Waals surface area (Å²) >= 11 is 0. The second-order valence-corrected chi connectivity index (χ2v) is 4.86. The van der Waals surface area contributed by atoms with E-state index in [4.69, 9.17) is 0 Å². The summed E-state index contributed by atoms with van der Waals surface area (Å²) in [4.78, 5) is 27.4. The van der Waals surface area contributed by atoms with Crippen LogP contribution in [0.1, 0.15) is 29.9 Å². The van der Waals surface area contributed by atoms with E-state index >= 15 is 0 Å². The van der Waals surface area contributed by atoms with Crippen molar-refractivity contribution in [2.24, 2.45) is 0 Å². The number of likely N-dealkylation sites (N-methyl/N-ethyl adjacent to an activating group) is 1. The molecule has 0 bridgehead atoms. The highest BCUT2D eigenvalue weighted by atomic mass is 16.3. The largest absolute Gasteiger partial charge is 0.389 e. The average molecular weight is 238 g/mol. The lowest BCUT2D eigenvalue weighted by Gasteiger charge is -2.25. The number of H-pyrrole nitrogens is 1. The number of aliphatic hydroxyl groups is 1. The van der Waals surface area contributed by atoms with E-state index in [-0.39, 0.29) is 12.1 Å².